The summed E-state index contributed by atoms with van der Waals surface area (Å²) < 4.78 is 46.4. The van der Waals surface area contributed by atoms with Crippen molar-refractivity contribution in [2.45, 2.75) is 45.4 Å². The van der Waals surface area contributed by atoms with Crippen molar-refractivity contribution in [2.75, 3.05) is 19.7 Å². The summed E-state index contributed by atoms with van der Waals surface area (Å²) in [6.45, 7) is 4.46. The van der Waals surface area contributed by atoms with Gasteiger partial charge in [0.15, 0.2) is 0 Å². The fourth-order valence-corrected chi connectivity index (χ4v) is 5.63. The number of esters is 1. The highest BCUT2D eigenvalue weighted by Gasteiger charge is 2.34. The maximum Gasteiger partial charge on any atom is 0.433 e. The molecule has 1 saturated heterocycles. The molecule has 3 aromatic rings. The van der Waals surface area contributed by atoms with Gasteiger partial charge in [-0.25, -0.2) is 4.98 Å². The first kappa shape index (κ1) is 29.2. The molecule has 0 saturated carbocycles. The third-order valence-corrected chi connectivity index (χ3v) is 7.84. The van der Waals surface area contributed by atoms with Crippen LogP contribution in [-0.2, 0) is 22.8 Å². The zero-order chi connectivity index (χ0) is 28.6. The summed E-state index contributed by atoms with van der Waals surface area (Å²) in [5.74, 6) is -0.480. The highest BCUT2D eigenvalue weighted by Crippen LogP contribution is 2.39. The molecule has 1 aliphatic heterocycles. The summed E-state index contributed by atoms with van der Waals surface area (Å²) in [4.78, 5) is 30.5. The van der Waals surface area contributed by atoms with Crippen LogP contribution in [0.15, 0.2) is 24.3 Å². The van der Waals surface area contributed by atoms with E-state index in [0.29, 0.717) is 49.9 Å². The molecule has 1 N–H and O–H groups in total. The van der Waals surface area contributed by atoms with E-state index in [1.165, 1.54) is 36.7 Å². The van der Waals surface area contributed by atoms with Gasteiger partial charge in [-0.1, -0.05) is 23.2 Å². The zero-order valence-corrected chi connectivity index (χ0v) is 23.1. The number of fused-ring (bicyclic) bond motifs is 1. The number of halogens is 5. The molecule has 2 aromatic heterocycles. The van der Waals surface area contributed by atoms with E-state index in [-0.39, 0.29) is 50.3 Å². The van der Waals surface area contributed by atoms with Gasteiger partial charge >= 0.3 is 12.1 Å². The predicted octanol–water partition coefficient (Wildman–Crippen LogP) is 6.09. The van der Waals surface area contributed by atoms with Crippen molar-refractivity contribution < 1.29 is 32.6 Å². The lowest BCUT2D eigenvalue weighted by atomic mass is 9.93. The summed E-state index contributed by atoms with van der Waals surface area (Å²) >= 11 is 13.1. The number of alkyl halides is 3. The van der Waals surface area contributed by atoms with Crippen LogP contribution in [0.1, 0.15) is 65.2 Å². The maximum atomic E-state index is 13.4. The predicted molar refractivity (Wildman–Crippen MR) is 141 cm³/mol. The van der Waals surface area contributed by atoms with Crippen LogP contribution < -0.4 is 0 Å². The van der Waals surface area contributed by atoms with Gasteiger partial charge in [0, 0.05) is 42.5 Å². The average molecular weight is 586 g/mol. The number of benzene rings is 1. The van der Waals surface area contributed by atoms with Gasteiger partial charge in [0.2, 0.25) is 0 Å². The van der Waals surface area contributed by atoms with Gasteiger partial charge in [-0.05, 0) is 62.4 Å². The van der Waals surface area contributed by atoms with E-state index >= 15 is 0 Å². The minimum atomic E-state index is -4.63. The van der Waals surface area contributed by atoms with E-state index in [1.54, 1.807) is 11.8 Å². The van der Waals surface area contributed by atoms with E-state index in [4.69, 9.17) is 27.9 Å². The SMILES string of the molecule is CCOC(=O)CC1CCN(C(=O)c2ccc(Cl)c(C(O)c3cc4c(C)cc(C(F)(F)F)nc4n3C)c2Cl)CC1. The quantitative estimate of drug-likeness (QED) is 0.354. The van der Waals surface area contributed by atoms with Crippen LogP contribution in [0.5, 0.6) is 0 Å². The number of aliphatic hydroxyl groups excluding tert-OH is 1. The molecular weight excluding hydrogens is 558 g/mol. The minimum Gasteiger partial charge on any atom is -0.466 e. The molecule has 1 unspecified atom stereocenters. The normalized spacial score (nSPS) is 15.6. The highest BCUT2D eigenvalue weighted by molar-refractivity contribution is 6.38. The lowest BCUT2D eigenvalue weighted by molar-refractivity contribution is -0.144. The summed E-state index contributed by atoms with van der Waals surface area (Å²) in [6, 6.07) is 5.43. The molecule has 0 spiro atoms. The third-order valence-electron chi connectivity index (χ3n) is 7.11. The first-order chi connectivity index (χ1) is 18.3. The number of carbonyl (C=O) groups is 2. The smallest absolute Gasteiger partial charge is 0.433 e. The first-order valence-electron chi connectivity index (χ1n) is 12.5. The molecule has 210 valence electrons. The molecule has 1 atom stereocenters. The lowest BCUT2D eigenvalue weighted by Crippen LogP contribution is -2.39. The Morgan fingerprint density at radius 2 is 1.87 bits per heavy atom. The summed E-state index contributed by atoms with van der Waals surface area (Å²) in [7, 11) is 1.49. The van der Waals surface area contributed by atoms with Crippen LogP contribution in [0, 0.1) is 12.8 Å². The van der Waals surface area contributed by atoms with Gasteiger partial charge < -0.3 is 19.3 Å². The van der Waals surface area contributed by atoms with Gasteiger partial charge in [-0.3, -0.25) is 9.59 Å². The van der Waals surface area contributed by atoms with Gasteiger partial charge in [0.25, 0.3) is 5.91 Å². The van der Waals surface area contributed by atoms with Crippen LogP contribution in [0.2, 0.25) is 10.0 Å². The molecule has 0 radical (unpaired) electrons. The Hall–Kier alpha value is -2.82. The molecule has 1 aromatic carbocycles. The molecule has 12 heteroatoms. The number of piperidine rings is 1. The molecule has 3 heterocycles. The van der Waals surface area contributed by atoms with Gasteiger partial charge in [-0.15, -0.1) is 0 Å². The van der Waals surface area contributed by atoms with E-state index in [1.807, 2.05) is 0 Å². The molecular formula is C27H28Cl2F3N3O4. The molecule has 1 aliphatic rings. The number of aromatic nitrogens is 2. The van der Waals surface area contributed by atoms with Crippen LogP contribution in [0.25, 0.3) is 11.0 Å². The second-order valence-electron chi connectivity index (χ2n) is 9.66. The van der Waals surface area contributed by atoms with E-state index < -0.39 is 18.0 Å². The van der Waals surface area contributed by atoms with Crippen molar-refractivity contribution >= 4 is 46.1 Å². The average Bonchev–Trinajstić information content (AvgIpc) is 3.21. The van der Waals surface area contributed by atoms with Crippen molar-refractivity contribution in [3.8, 4) is 0 Å². The molecule has 1 amide bonds. The number of aliphatic hydroxyl groups is 1. The zero-order valence-electron chi connectivity index (χ0n) is 21.6. The number of hydrogen-bond acceptors (Lipinski definition) is 5. The van der Waals surface area contributed by atoms with Crippen LogP contribution in [0.4, 0.5) is 13.2 Å². The number of amides is 1. The van der Waals surface area contributed by atoms with Crippen molar-refractivity contribution in [3.63, 3.8) is 0 Å². The van der Waals surface area contributed by atoms with Gasteiger partial charge in [-0.2, -0.15) is 13.2 Å². The number of nitrogens with zero attached hydrogens (tertiary/aromatic N) is 3. The monoisotopic (exact) mass is 585 g/mol. The number of likely N-dealkylation sites (tertiary alicyclic amines) is 1. The Kier molecular flexibility index (Phi) is 8.49. The second kappa shape index (κ2) is 11.3. The fraction of sp³-hybridized carbons (Fsp3) is 0.444. The lowest BCUT2D eigenvalue weighted by Gasteiger charge is -2.32. The summed E-state index contributed by atoms with van der Waals surface area (Å²) in [5.41, 5.74) is -0.222. The number of rotatable bonds is 6. The topological polar surface area (TPSA) is 84.7 Å². The molecule has 0 bridgehead atoms. The van der Waals surface area contributed by atoms with E-state index in [9.17, 15) is 27.9 Å². The number of aryl methyl sites for hydroxylation is 2. The molecule has 4 rings (SSSR count). The Bertz CT molecular complexity index is 1420. The third kappa shape index (κ3) is 5.88. The van der Waals surface area contributed by atoms with Crippen LogP contribution >= 0.6 is 23.2 Å². The number of ether oxygens (including phenoxy) is 1. The summed E-state index contributed by atoms with van der Waals surface area (Å²) in [5, 5.41) is 11.8. The van der Waals surface area contributed by atoms with Crippen LogP contribution in [0.3, 0.4) is 0 Å². The van der Waals surface area contributed by atoms with Crippen molar-refractivity contribution in [3.05, 3.63) is 62.4 Å². The van der Waals surface area contributed by atoms with Gasteiger partial charge in [0.05, 0.1) is 22.9 Å². The Morgan fingerprint density at radius 3 is 2.49 bits per heavy atom. The first-order valence-corrected chi connectivity index (χ1v) is 13.2. The summed E-state index contributed by atoms with van der Waals surface area (Å²) in [6.07, 6.45) is -4.50. The number of carbonyl (C=O) groups excluding carboxylic acids is 2. The fourth-order valence-electron chi connectivity index (χ4n) is 4.97. The van der Waals surface area contributed by atoms with Crippen molar-refractivity contribution in [1.82, 2.24) is 14.5 Å². The highest BCUT2D eigenvalue weighted by atomic mass is 35.5. The Labute approximate surface area is 233 Å². The maximum absolute atomic E-state index is 13.4. The van der Waals surface area contributed by atoms with Gasteiger partial charge in [0.1, 0.15) is 17.4 Å². The molecule has 0 aliphatic carbocycles. The Morgan fingerprint density at radius 1 is 1.21 bits per heavy atom. The molecule has 7 nitrogen and oxygen atoms in total. The largest absolute Gasteiger partial charge is 0.466 e. The van der Waals surface area contributed by atoms with Crippen LogP contribution in [-0.4, -0.2) is 51.1 Å². The van der Waals surface area contributed by atoms with E-state index in [0.717, 1.165) is 6.07 Å². The molecule has 1 fully saturated rings. The second-order valence-corrected chi connectivity index (χ2v) is 10.4. The van der Waals surface area contributed by atoms with Crippen molar-refractivity contribution in [1.29, 1.82) is 0 Å². The van der Waals surface area contributed by atoms with E-state index in [2.05, 4.69) is 4.98 Å². The number of hydrogen-bond donors (Lipinski definition) is 1. The molecule has 39 heavy (non-hydrogen) atoms. The Balaban J connectivity index is 1.61. The van der Waals surface area contributed by atoms with Crippen molar-refractivity contribution in [2.24, 2.45) is 13.0 Å². The minimum absolute atomic E-state index is 0.0421. The number of pyridine rings is 1. The standard InChI is InChI=1S/C27H28Cl2F3N3O4/c1-4-39-21(36)12-15-7-9-35(10-8-15)26(38)16-5-6-18(28)22(23(16)29)24(37)19-13-17-14(2)11-20(27(30,31)32)33-25(17)34(19)3/h5-6,11,13,15,24,37H,4,7-10,12H2,1-3H3.